The van der Waals surface area contributed by atoms with Crippen molar-refractivity contribution >= 4 is 17.5 Å². The van der Waals surface area contributed by atoms with Crippen LogP contribution in [0.15, 0.2) is 0 Å². The molecule has 1 saturated carbocycles. The first-order chi connectivity index (χ1) is 5.46. The number of ketones is 2. The van der Waals surface area contributed by atoms with Crippen LogP contribution in [0.25, 0.3) is 0 Å². The van der Waals surface area contributed by atoms with Crippen LogP contribution in [-0.4, -0.2) is 22.6 Å². The largest absolute Gasteiger partial charge is 0.481 e. The predicted molar refractivity (Wildman–Crippen MR) is 39.6 cm³/mol. The van der Waals surface area contributed by atoms with Crippen molar-refractivity contribution < 1.29 is 19.5 Å². The van der Waals surface area contributed by atoms with Gasteiger partial charge >= 0.3 is 5.97 Å². The number of carboxylic acid groups (broad SMARTS) is 1. The van der Waals surface area contributed by atoms with Crippen molar-refractivity contribution in [1.29, 1.82) is 0 Å². The normalized spacial score (nSPS) is 30.4. The quantitative estimate of drug-likeness (QED) is 0.578. The topological polar surface area (TPSA) is 71.4 Å². The lowest BCUT2D eigenvalue weighted by atomic mass is 9.75. The Labute approximate surface area is 69.6 Å². The Morgan fingerprint density at radius 3 is 2.42 bits per heavy atom. The summed E-state index contributed by atoms with van der Waals surface area (Å²) in [5.74, 6) is -1.98. The molecule has 0 heterocycles. The standard InChI is InChI=1S/C8H10O4/c1-8(7(11)12)3-2-5(9)6(10)4-8/h2-4H2,1H3,(H,11,12). The average Bonchev–Trinajstić information content (AvgIpc) is 1.97. The summed E-state index contributed by atoms with van der Waals surface area (Å²) >= 11 is 0. The van der Waals surface area contributed by atoms with E-state index in [4.69, 9.17) is 5.11 Å². The van der Waals surface area contributed by atoms with Crippen LogP contribution >= 0.6 is 0 Å². The molecule has 0 spiro atoms. The van der Waals surface area contributed by atoms with Gasteiger partial charge in [-0.1, -0.05) is 0 Å². The molecule has 1 aliphatic carbocycles. The molecule has 1 fully saturated rings. The summed E-state index contributed by atoms with van der Waals surface area (Å²) < 4.78 is 0. The highest BCUT2D eigenvalue weighted by Gasteiger charge is 2.41. The van der Waals surface area contributed by atoms with Crippen molar-refractivity contribution in [1.82, 2.24) is 0 Å². The highest BCUT2D eigenvalue weighted by Crippen LogP contribution is 2.32. The molecule has 0 bridgehead atoms. The van der Waals surface area contributed by atoms with Crippen molar-refractivity contribution in [3.05, 3.63) is 0 Å². The Kier molecular flexibility index (Phi) is 2.00. The number of carbonyl (C=O) groups is 3. The summed E-state index contributed by atoms with van der Waals surface area (Å²) in [6.45, 7) is 1.50. The second-order valence-electron chi connectivity index (χ2n) is 3.39. The summed E-state index contributed by atoms with van der Waals surface area (Å²) in [7, 11) is 0. The van der Waals surface area contributed by atoms with Gasteiger partial charge in [0.25, 0.3) is 0 Å². The maximum atomic E-state index is 10.9. The van der Waals surface area contributed by atoms with Gasteiger partial charge in [-0.3, -0.25) is 14.4 Å². The van der Waals surface area contributed by atoms with E-state index >= 15 is 0 Å². The van der Waals surface area contributed by atoms with E-state index in [9.17, 15) is 14.4 Å². The molecule has 12 heavy (non-hydrogen) atoms. The van der Waals surface area contributed by atoms with E-state index in [0.717, 1.165) is 0 Å². The van der Waals surface area contributed by atoms with Crippen LogP contribution in [0.1, 0.15) is 26.2 Å². The fourth-order valence-electron chi connectivity index (χ4n) is 1.25. The first kappa shape index (κ1) is 8.90. The summed E-state index contributed by atoms with van der Waals surface area (Å²) in [6, 6.07) is 0. The van der Waals surface area contributed by atoms with Crippen LogP contribution < -0.4 is 0 Å². The Morgan fingerprint density at radius 2 is 2.00 bits per heavy atom. The minimum Gasteiger partial charge on any atom is -0.481 e. The lowest BCUT2D eigenvalue weighted by molar-refractivity contribution is -0.154. The minimum atomic E-state index is -1.02. The molecule has 0 aromatic rings. The van der Waals surface area contributed by atoms with Gasteiger partial charge in [0.2, 0.25) is 0 Å². The lowest BCUT2D eigenvalue weighted by Crippen LogP contribution is -2.37. The Hall–Kier alpha value is -1.19. The molecule has 1 N–H and O–H groups in total. The van der Waals surface area contributed by atoms with E-state index in [2.05, 4.69) is 0 Å². The first-order valence-corrected chi connectivity index (χ1v) is 3.75. The van der Waals surface area contributed by atoms with E-state index in [0.29, 0.717) is 0 Å². The maximum Gasteiger partial charge on any atom is 0.309 e. The minimum absolute atomic E-state index is 0.0711. The third kappa shape index (κ3) is 1.37. The van der Waals surface area contributed by atoms with Gasteiger partial charge in [-0.15, -0.1) is 0 Å². The number of rotatable bonds is 1. The van der Waals surface area contributed by atoms with Gasteiger partial charge < -0.3 is 5.11 Å². The number of aliphatic carboxylic acids is 1. The predicted octanol–water partition coefficient (Wildman–Crippen LogP) is 0.399. The third-order valence-corrected chi connectivity index (χ3v) is 2.28. The van der Waals surface area contributed by atoms with Crippen LogP contribution in [0.4, 0.5) is 0 Å². The van der Waals surface area contributed by atoms with Gasteiger partial charge in [-0.25, -0.2) is 0 Å². The van der Waals surface area contributed by atoms with E-state index in [-0.39, 0.29) is 19.3 Å². The fourth-order valence-corrected chi connectivity index (χ4v) is 1.25. The van der Waals surface area contributed by atoms with Crippen molar-refractivity contribution in [2.45, 2.75) is 26.2 Å². The molecule has 66 valence electrons. The SMILES string of the molecule is CC1(C(=O)O)CCC(=O)C(=O)C1. The number of carboxylic acids is 1. The van der Waals surface area contributed by atoms with Crippen LogP contribution in [0, 0.1) is 5.41 Å². The molecule has 0 aromatic heterocycles. The average molecular weight is 170 g/mol. The molecule has 4 heteroatoms. The third-order valence-electron chi connectivity index (χ3n) is 2.28. The second-order valence-corrected chi connectivity index (χ2v) is 3.39. The molecule has 0 aromatic carbocycles. The monoisotopic (exact) mass is 170 g/mol. The van der Waals surface area contributed by atoms with Crippen LogP contribution in [0.5, 0.6) is 0 Å². The second kappa shape index (κ2) is 2.69. The number of hydrogen-bond donors (Lipinski definition) is 1. The molecule has 4 nitrogen and oxygen atoms in total. The van der Waals surface area contributed by atoms with E-state index in [1.165, 1.54) is 6.92 Å². The van der Waals surface area contributed by atoms with E-state index in [1.54, 1.807) is 0 Å². The van der Waals surface area contributed by atoms with Crippen LogP contribution in [0.2, 0.25) is 0 Å². The van der Waals surface area contributed by atoms with Crippen molar-refractivity contribution in [3.8, 4) is 0 Å². The van der Waals surface area contributed by atoms with Crippen LogP contribution in [-0.2, 0) is 14.4 Å². The molecule has 1 rings (SSSR count). The van der Waals surface area contributed by atoms with Gasteiger partial charge in [0.1, 0.15) is 0 Å². The van der Waals surface area contributed by atoms with E-state index in [1.807, 2.05) is 0 Å². The van der Waals surface area contributed by atoms with E-state index < -0.39 is 23.0 Å². The fraction of sp³-hybridized carbons (Fsp3) is 0.625. The van der Waals surface area contributed by atoms with Gasteiger partial charge in [-0.2, -0.15) is 0 Å². The van der Waals surface area contributed by atoms with Crippen molar-refractivity contribution in [3.63, 3.8) is 0 Å². The Balaban J connectivity index is 2.80. The summed E-state index contributed by atoms with van der Waals surface area (Å²) in [4.78, 5) is 32.3. The number of Topliss-reactive ketones (excluding diaryl/α,β-unsaturated/α-hetero) is 2. The molecule has 0 saturated heterocycles. The zero-order valence-electron chi connectivity index (χ0n) is 6.79. The molecule has 0 amide bonds. The summed E-state index contributed by atoms with van der Waals surface area (Å²) in [5.41, 5.74) is -1.02. The Bertz CT molecular complexity index is 256. The number of hydrogen-bond acceptors (Lipinski definition) is 3. The maximum absolute atomic E-state index is 10.9. The molecule has 0 aliphatic heterocycles. The van der Waals surface area contributed by atoms with Crippen molar-refractivity contribution in [2.75, 3.05) is 0 Å². The smallest absolute Gasteiger partial charge is 0.309 e. The summed E-state index contributed by atoms with van der Waals surface area (Å²) in [5, 5.41) is 8.74. The molecular formula is C8H10O4. The molecule has 1 aliphatic rings. The first-order valence-electron chi connectivity index (χ1n) is 3.75. The zero-order chi connectivity index (χ0) is 9.35. The highest BCUT2D eigenvalue weighted by molar-refractivity contribution is 6.38. The Morgan fingerprint density at radius 1 is 1.42 bits per heavy atom. The van der Waals surface area contributed by atoms with Crippen molar-refractivity contribution in [2.24, 2.45) is 5.41 Å². The molecule has 0 radical (unpaired) electrons. The van der Waals surface area contributed by atoms with Gasteiger partial charge in [0, 0.05) is 12.8 Å². The molecule has 1 unspecified atom stereocenters. The number of carbonyl (C=O) groups excluding carboxylic acids is 2. The summed E-state index contributed by atoms with van der Waals surface area (Å²) in [6.07, 6.45) is 0.190. The van der Waals surface area contributed by atoms with Gasteiger partial charge in [-0.05, 0) is 13.3 Å². The molecule has 1 atom stereocenters. The lowest BCUT2D eigenvalue weighted by Gasteiger charge is -2.26. The zero-order valence-corrected chi connectivity index (χ0v) is 6.79. The highest BCUT2D eigenvalue weighted by atomic mass is 16.4. The molecular weight excluding hydrogens is 160 g/mol. The van der Waals surface area contributed by atoms with Gasteiger partial charge in [0.05, 0.1) is 5.41 Å². The van der Waals surface area contributed by atoms with Gasteiger partial charge in [0.15, 0.2) is 11.6 Å². The van der Waals surface area contributed by atoms with Crippen LogP contribution in [0.3, 0.4) is 0 Å².